The maximum atomic E-state index is 12.8. The topological polar surface area (TPSA) is 49.4 Å². The van der Waals surface area contributed by atoms with Crippen LogP contribution in [0.2, 0.25) is 5.02 Å². The van der Waals surface area contributed by atoms with Crippen LogP contribution in [0, 0.1) is 0 Å². The maximum Gasteiger partial charge on any atom is 0.255 e. The summed E-state index contributed by atoms with van der Waals surface area (Å²) in [6, 6.07) is 14.9. The molecule has 6 heteroatoms. The smallest absolute Gasteiger partial charge is 0.255 e. The Morgan fingerprint density at radius 3 is 2.48 bits per heavy atom. The molecule has 0 bridgehead atoms. The van der Waals surface area contributed by atoms with Crippen LogP contribution in [0.3, 0.4) is 0 Å². The number of hydrogen-bond acceptors (Lipinski definition) is 3. The molecule has 3 rings (SSSR count). The van der Waals surface area contributed by atoms with Crippen LogP contribution in [0.4, 0.5) is 5.69 Å². The van der Waals surface area contributed by atoms with Crippen molar-refractivity contribution in [2.24, 2.45) is 0 Å². The van der Waals surface area contributed by atoms with Gasteiger partial charge in [0.05, 0.1) is 17.0 Å². The first-order valence-electron chi connectivity index (χ1n) is 9.14. The van der Waals surface area contributed by atoms with Crippen molar-refractivity contribution in [3.05, 3.63) is 64.7 Å². The molecule has 0 saturated carbocycles. The molecule has 27 heavy (non-hydrogen) atoms. The van der Waals surface area contributed by atoms with Crippen LogP contribution in [-0.4, -0.2) is 35.6 Å². The molecular weight excluding hydrogens is 380 g/mol. The predicted octanol–water partition coefficient (Wildman–Crippen LogP) is 4.84. The molecule has 1 fully saturated rings. The average molecular weight is 403 g/mol. The fourth-order valence-corrected chi connectivity index (χ4v) is 4.21. The first-order chi connectivity index (χ1) is 13.1. The molecule has 1 N–H and O–H groups in total. The fourth-order valence-electron chi connectivity index (χ4n) is 3.10. The number of para-hydroxylation sites is 1. The van der Waals surface area contributed by atoms with Gasteiger partial charge in [0.25, 0.3) is 5.91 Å². The predicted molar refractivity (Wildman–Crippen MR) is 112 cm³/mol. The number of carbonyl (C=O) groups is 2. The van der Waals surface area contributed by atoms with Crippen molar-refractivity contribution in [1.82, 2.24) is 4.90 Å². The van der Waals surface area contributed by atoms with Gasteiger partial charge in [0, 0.05) is 23.9 Å². The van der Waals surface area contributed by atoms with Gasteiger partial charge in [-0.3, -0.25) is 9.59 Å². The highest BCUT2D eigenvalue weighted by Gasteiger charge is 2.21. The number of likely N-dealkylation sites (tertiary alicyclic amines) is 1. The minimum absolute atomic E-state index is 0.00526. The van der Waals surface area contributed by atoms with E-state index in [4.69, 9.17) is 11.6 Å². The molecule has 2 aromatic rings. The molecule has 142 valence electrons. The van der Waals surface area contributed by atoms with Gasteiger partial charge in [0.15, 0.2) is 0 Å². The van der Waals surface area contributed by atoms with Gasteiger partial charge in [0.2, 0.25) is 5.91 Å². The minimum atomic E-state index is -0.119. The van der Waals surface area contributed by atoms with Gasteiger partial charge >= 0.3 is 0 Å². The molecule has 2 aromatic carbocycles. The second-order valence-electron chi connectivity index (χ2n) is 6.53. The van der Waals surface area contributed by atoms with Crippen molar-refractivity contribution in [2.45, 2.75) is 25.0 Å². The van der Waals surface area contributed by atoms with Crippen LogP contribution in [0.15, 0.2) is 48.5 Å². The first kappa shape index (κ1) is 19.8. The summed E-state index contributed by atoms with van der Waals surface area (Å²) in [5, 5.41) is 3.60. The highest BCUT2D eigenvalue weighted by atomic mass is 35.5. The summed E-state index contributed by atoms with van der Waals surface area (Å²) in [6.07, 6.45) is 3.25. The Labute approximate surface area is 169 Å². The SMILES string of the molecule is O=C(CSCc1ccccc1Cl)Nc1ccccc1C(=O)N1CCCCC1. The second-order valence-corrected chi connectivity index (χ2v) is 7.92. The highest BCUT2D eigenvalue weighted by Crippen LogP contribution is 2.22. The Kier molecular flexibility index (Phi) is 7.18. The number of rotatable bonds is 6. The Hall–Kier alpha value is -1.98. The first-order valence-corrected chi connectivity index (χ1v) is 10.7. The molecule has 0 atom stereocenters. The Bertz CT molecular complexity index is 806. The van der Waals surface area contributed by atoms with E-state index < -0.39 is 0 Å². The number of hydrogen-bond donors (Lipinski definition) is 1. The number of halogens is 1. The molecule has 4 nitrogen and oxygen atoms in total. The van der Waals surface area contributed by atoms with Gasteiger partial charge in [-0.1, -0.05) is 41.9 Å². The largest absolute Gasteiger partial charge is 0.339 e. The number of benzene rings is 2. The Balaban J connectivity index is 1.57. The van der Waals surface area contributed by atoms with E-state index in [-0.39, 0.29) is 11.8 Å². The van der Waals surface area contributed by atoms with Crippen molar-refractivity contribution in [1.29, 1.82) is 0 Å². The standard InChI is InChI=1S/C21H23ClN2O2S/c22-18-10-4-2-8-16(18)14-27-15-20(25)23-19-11-5-3-9-17(19)21(26)24-12-6-1-7-13-24/h2-5,8-11H,1,6-7,12-15H2,(H,23,25). The van der Waals surface area contributed by atoms with E-state index in [1.54, 1.807) is 12.1 Å². The van der Waals surface area contributed by atoms with Crippen LogP contribution in [0.1, 0.15) is 35.2 Å². The lowest BCUT2D eigenvalue weighted by molar-refractivity contribution is -0.113. The van der Waals surface area contributed by atoms with Gasteiger partial charge in [-0.05, 0) is 43.0 Å². The Morgan fingerprint density at radius 2 is 1.70 bits per heavy atom. The maximum absolute atomic E-state index is 12.8. The number of nitrogens with one attached hydrogen (secondary N) is 1. The van der Waals surface area contributed by atoms with Crippen molar-refractivity contribution in [3.8, 4) is 0 Å². The zero-order chi connectivity index (χ0) is 19.1. The van der Waals surface area contributed by atoms with Crippen molar-refractivity contribution in [3.63, 3.8) is 0 Å². The van der Waals surface area contributed by atoms with E-state index in [0.717, 1.165) is 31.5 Å². The highest BCUT2D eigenvalue weighted by molar-refractivity contribution is 7.99. The monoisotopic (exact) mass is 402 g/mol. The van der Waals surface area contributed by atoms with Crippen molar-refractivity contribution < 1.29 is 9.59 Å². The second kappa shape index (κ2) is 9.81. The molecule has 0 unspecified atom stereocenters. The number of nitrogens with zero attached hydrogens (tertiary/aromatic N) is 1. The van der Waals surface area contributed by atoms with Gasteiger partial charge < -0.3 is 10.2 Å². The fraction of sp³-hybridized carbons (Fsp3) is 0.333. The number of piperidine rings is 1. The lowest BCUT2D eigenvalue weighted by atomic mass is 10.1. The third-order valence-electron chi connectivity index (χ3n) is 4.52. The van der Waals surface area contributed by atoms with E-state index in [2.05, 4.69) is 5.32 Å². The molecule has 1 heterocycles. The van der Waals surface area contributed by atoms with Crippen molar-refractivity contribution >= 4 is 40.9 Å². The van der Waals surface area contributed by atoms with E-state index >= 15 is 0 Å². The molecule has 0 spiro atoms. The lowest BCUT2D eigenvalue weighted by Crippen LogP contribution is -2.36. The van der Waals surface area contributed by atoms with Gasteiger partial charge in [-0.2, -0.15) is 0 Å². The Morgan fingerprint density at radius 1 is 1.00 bits per heavy atom. The van der Waals surface area contributed by atoms with E-state index in [9.17, 15) is 9.59 Å². The molecule has 1 saturated heterocycles. The average Bonchev–Trinajstić information content (AvgIpc) is 2.70. The van der Waals surface area contributed by atoms with Gasteiger partial charge in [-0.25, -0.2) is 0 Å². The van der Waals surface area contributed by atoms with E-state index in [1.165, 1.54) is 18.2 Å². The summed E-state index contributed by atoms with van der Waals surface area (Å²) in [6.45, 7) is 1.57. The lowest BCUT2D eigenvalue weighted by Gasteiger charge is -2.27. The molecule has 2 amide bonds. The molecule has 0 radical (unpaired) electrons. The third-order valence-corrected chi connectivity index (χ3v) is 5.87. The summed E-state index contributed by atoms with van der Waals surface area (Å²) < 4.78 is 0. The zero-order valence-corrected chi connectivity index (χ0v) is 16.7. The number of thioether (sulfide) groups is 1. The molecule has 0 aromatic heterocycles. The molecular formula is C21H23ClN2O2S. The molecule has 0 aliphatic carbocycles. The van der Waals surface area contributed by atoms with Crippen LogP contribution >= 0.6 is 23.4 Å². The van der Waals surface area contributed by atoms with E-state index in [1.807, 2.05) is 41.3 Å². The number of anilines is 1. The summed E-state index contributed by atoms with van der Waals surface area (Å²) in [4.78, 5) is 27.0. The normalized spacial score (nSPS) is 14.0. The quantitative estimate of drug-likeness (QED) is 0.752. The molecule has 1 aliphatic rings. The summed E-state index contributed by atoms with van der Waals surface area (Å²) in [5.41, 5.74) is 2.15. The minimum Gasteiger partial charge on any atom is -0.339 e. The van der Waals surface area contributed by atoms with E-state index in [0.29, 0.717) is 27.8 Å². The van der Waals surface area contributed by atoms with Gasteiger partial charge in [-0.15, -0.1) is 11.8 Å². The van der Waals surface area contributed by atoms with Crippen molar-refractivity contribution in [2.75, 3.05) is 24.2 Å². The summed E-state index contributed by atoms with van der Waals surface area (Å²) >= 11 is 7.64. The number of carbonyl (C=O) groups excluding carboxylic acids is 2. The van der Waals surface area contributed by atoms with Crippen LogP contribution in [-0.2, 0) is 10.5 Å². The van der Waals surface area contributed by atoms with Crippen LogP contribution in [0.5, 0.6) is 0 Å². The third kappa shape index (κ3) is 5.50. The summed E-state index contributed by atoms with van der Waals surface area (Å²) in [5.74, 6) is 0.846. The van der Waals surface area contributed by atoms with Crippen LogP contribution in [0.25, 0.3) is 0 Å². The number of amides is 2. The van der Waals surface area contributed by atoms with Crippen LogP contribution < -0.4 is 5.32 Å². The van der Waals surface area contributed by atoms with Gasteiger partial charge in [0.1, 0.15) is 0 Å². The molecule has 1 aliphatic heterocycles. The summed E-state index contributed by atoms with van der Waals surface area (Å²) in [7, 11) is 0. The zero-order valence-electron chi connectivity index (χ0n) is 15.1.